The number of aromatic nitrogens is 4. The van der Waals surface area contributed by atoms with Gasteiger partial charge in [0.1, 0.15) is 11.4 Å². The highest BCUT2D eigenvalue weighted by Crippen LogP contribution is 2.24. The Balaban J connectivity index is 1.30. The van der Waals surface area contributed by atoms with Crippen LogP contribution >= 0.6 is 0 Å². The number of pyridine rings is 1. The van der Waals surface area contributed by atoms with Crippen molar-refractivity contribution >= 4 is 34.4 Å². The number of hydrogen-bond donors (Lipinski definition) is 3. The zero-order valence-corrected chi connectivity index (χ0v) is 20.7. The van der Waals surface area contributed by atoms with Crippen molar-refractivity contribution in [1.29, 1.82) is 0 Å². The number of carbonyl (C=O) groups excluding carboxylic acids is 2. The molecule has 2 amide bonds. The van der Waals surface area contributed by atoms with Gasteiger partial charge in [-0.15, -0.1) is 0 Å². The molecule has 0 bridgehead atoms. The molecule has 11 nitrogen and oxygen atoms in total. The molecule has 1 aliphatic rings. The molecule has 11 heteroatoms. The van der Waals surface area contributed by atoms with E-state index in [0.29, 0.717) is 41.9 Å². The van der Waals surface area contributed by atoms with Crippen molar-refractivity contribution in [3.8, 4) is 17.1 Å². The second-order valence-corrected chi connectivity index (χ2v) is 8.87. The van der Waals surface area contributed by atoms with Gasteiger partial charge in [-0.05, 0) is 36.4 Å². The molecule has 0 spiro atoms. The Bertz CT molecular complexity index is 1430. The van der Waals surface area contributed by atoms with Crippen molar-refractivity contribution in [3.05, 3.63) is 60.6 Å². The standard InChI is InChI=1S/C26H28N8O3/c1-33(2)24(35)16-37-19-5-7-28-22(15-19)21-6-8-29-26(32-21)30-18-3-4-20-17(13-18)14-23(31-20)25(36)34-11-9-27-10-12-34/h3-8,13-15,27,31H,9-12,16H2,1-2H3,(H,29,30,32). The number of ether oxygens (including phenoxy) is 1. The van der Waals surface area contributed by atoms with Crippen molar-refractivity contribution in [2.75, 3.05) is 52.2 Å². The predicted octanol–water partition coefficient (Wildman–Crippen LogP) is 2.28. The minimum absolute atomic E-state index is 0.00744. The number of benzene rings is 1. The Kier molecular flexibility index (Phi) is 6.95. The highest BCUT2D eigenvalue weighted by atomic mass is 16.5. The van der Waals surface area contributed by atoms with Gasteiger partial charge in [-0.25, -0.2) is 9.97 Å². The first-order valence-electron chi connectivity index (χ1n) is 12.0. The van der Waals surface area contributed by atoms with Crippen LogP contribution in [0.25, 0.3) is 22.3 Å². The number of amides is 2. The molecule has 3 N–H and O–H groups in total. The number of nitrogens with zero attached hydrogens (tertiary/aromatic N) is 5. The number of aromatic amines is 1. The van der Waals surface area contributed by atoms with Gasteiger partial charge in [0.15, 0.2) is 6.61 Å². The third-order valence-corrected chi connectivity index (χ3v) is 6.02. The lowest BCUT2D eigenvalue weighted by Gasteiger charge is -2.26. The molecule has 1 aromatic carbocycles. The molecule has 4 aromatic rings. The summed E-state index contributed by atoms with van der Waals surface area (Å²) < 4.78 is 5.59. The first-order valence-corrected chi connectivity index (χ1v) is 12.0. The van der Waals surface area contributed by atoms with E-state index < -0.39 is 0 Å². The number of nitrogens with one attached hydrogen (secondary N) is 3. The van der Waals surface area contributed by atoms with Crippen LogP contribution in [0.5, 0.6) is 5.75 Å². The molecule has 4 heterocycles. The van der Waals surface area contributed by atoms with Gasteiger partial charge in [0.2, 0.25) is 5.95 Å². The molecule has 37 heavy (non-hydrogen) atoms. The fourth-order valence-electron chi connectivity index (χ4n) is 3.97. The Morgan fingerprint density at radius 3 is 2.65 bits per heavy atom. The number of rotatable bonds is 7. The van der Waals surface area contributed by atoms with E-state index in [-0.39, 0.29) is 18.4 Å². The number of hydrogen-bond acceptors (Lipinski definition) is 8. The molecule has 3 aromatic heterocycles. The monoisotopic (exact) mass is 500 g/mol. The van der Waals surface area contributed by atoms with Crippen molar-refractivity contribution in [2.24, 2.45) is 0 Å². The molecule has 0 saturated carbocycles. The largest absolute Gasteiger partial charge is 0.484 e. The van der Waals surface area contributed by atoms with Crippen LogP contribution in [0.1, 0.15) is 10.5 Å². The summed E-state index contributed by atoms with van der Waals surface area (Å²) in [6.45, 7) is 2.96. The average molecular weight is 501 g/mol. The average Bonchev–Trinajstić information content (AvgIpc) is 3.35. The topological polar surface area (TPSA) is 128 Å². The maximum absolute atomic E-state index is 12.8. The summed E-state index contributed by atoms with van der Waals surface area (Å²) >= 11 is 0. The maximum atomic E-state index is 12.8. The molecule has 0 aliphatic carbocycles. The molecule has 0 atom stereocenters. The van der Waals surface area contributed by atoms with E-state index in [1.54, 1.807) is 44.7 Å². The summed E-state index contributed by atoms with van der Waals surface area (Å²) in [5.74, 6) is 0.803. The number of likely N-dealkylation sites (N-methyl/N-ethyl adjacent to an activating group) is 1. The van der Waals surface area contributed by atoms with E-state index in [9.17, 15) is 9.59 Å². The summed E-state index contributed by atoms with van der Waals surface area (Å²) in [5.41, 5.74) is 3.45. The quantitative estimate of drug-likeness (QED) is 0.353. The fourth-order valence-corrected chi connectivity index (χ4v) is 3.97. The lowest BCUT2D eigenvalue weighted by atomic mass is 10.2. The van der Waals surface area contributed by atoms with E-state index in [2.05, 4.69) is 30.6 Å². The zero-order valence-electron chi connectivity index (χ0n) is 20.7. The second-order valence-electron chi connectivity index (χ2n) is 8.87. The normalized spacial score (nSPS) is 13.4. The molecule has 1 saturated heterocycles. The van der Waals surface area contributed by atoms with Crippen LogP contribution in [0.15, 0.2) is 54.9 Å². The molecule has 1 aliphatic heterocycles. The third-order valence-electron chi connectivity index (χ3n) is 6.02. The maximum Gasteiger partial charge on any atom is 0.270 e. The van der Waals surface area contributed by atoms with Crippen LogP contribution in [0.3, 0.4) is 0 Å². The van der Waals surface area contributed by atoms with Crippen molar-refractivity contribution in [1.82, 2.24) is 35.1 Å². The number of carbonyl (C=O) groups is 2. The van der Waals surface area contributed by atoms with Gasteiger partial charge >= 0.3 is 0 Å². The summed E-state index contributed by atoms with van der Waals surface area (Å²) in [6, 6.07) is 12.8. The van der Waals surface area contributed by atoms with Gasteiger partial charge in [0, 0.05) is 75.3 Å². The first kappa shape index (κ1) is 24.2. The molecular weight excluding hydrogens is 472 g/mol. The third kappa shape index (κ3) is 5.67. The van der Waals surface area contributed by atoms with E-state index in [0.717, 1.165) is 29.7 Å². The summed E-state index contributed by atoms with van der Waals surface area (Å²) in [6.07, 6.45) is 3.26. The van der Waals surface area contributed by atoms with Crippen LogP contribution < -0.4 is 15.4 Å². The molecule has 190 valence electrons. The van der Waals surface area contributed by atoms with Crippen LogP contribution in [-0.4, -0.2) is 88.4 Å². The van der Waals surface area contributed by atoms with Crippen LogP contribution in [0, 0.1) is 0 Å². The molecular formula is C26H28N8O3. The lowest BCUT2D eigenvalue weighted by Crippen LogP contribution is -2.46. The van der Waals surface area contributed by atoms with Gasteiger partial charge in [-0.1, -0.05) is 0 Å². The second kappa shape index (κ2) is 10.6. The number of H-pyrrole nitrogens is 1. The zero-order chi connectivity index (χ0) is 25.8. The number of piperazine rings is 1. The Morgan fingerprint density at radius 2 is 1.84 bits per heavy atom. The van der Waals surface area contributed by atoms with Crippen LogP contribution in [0.2, 0.25) is 0 Å². The first-order chi connectivity index (χ1) is 18.0. The lowest BCUT2D eigenvalue weighted by molar-refractivity contribution is -0.130. The van der Waals surface area contributed by atoms with Gasteiger partial charge in [-0.3, -0.25) is 14.6 Å². The highest BCUT2D eigenvalue weighted by Gasteiger charge is 2.19. The van der Waals surface area contributed by atoms with Gasteiger partial charge in [0.05, 0.1) is 11.4 Å². The van der Waals surface area contributed by atoms with Crippen molar-refractivity contribution in [2.45, 2.75) is 0 Å². The van der Waals surface area contributed by atoms with Gasteiger partial charge in [0.25, 0.3) is 11.8 Å². The minimum Gasteiger partial charge on any atom is -0.484 e. The molecule has 0 unspecified atom stereocenters. The Hall–Kier alpha value is -4.51. The molecule has 5 rings (SSSR count). The number of fused-ring (bicyclic) bond motifs is 1. The summed E-state index contributed by atoms with van der Waals surface area (Å²) in [4.78, 5) is 44.5. The number of anilines is 2. The molecule has 0 radical (unpaired) electrons. The summed E-state index contributed by atoms with van der Waals surface area (Å²) in [5, 5.41) is 7.40. The molecule has 1 fully saturated rings. The SMILES string of the molecule is CN(C)C(=O)COc1ccnc(-c2ccnc(Nc3ccc4[nH]c(C(=O)N5CCNCC5)cc4c3)n2)c1. The summed E-state index contributed by atoms with van der Waals surface area (Å²) in [7, 11) is 3.36. The smallest absolute Gasteiger partial charge is 0.270 e. The van der Waals surface area contributed by atoms with Crippen molar-refractivity contribution < 1.29 is 14.3 Å². The Labute approximate surface area is 213 Å². The predicted molar refractivity (Wildman–Crippen MR) is 140 cm³/mol. The minimum atomic E-state index is -0.133. The fraction of sp³-hybridized carbons (Fsp3) is 0.269. The van der Waals surface area contributed by atoms with E-state index >= 15 is 0 Å². The van der Waals surface area contributed by atoms with Crippen LogP contribution in [-0.2, 0) is 4.79 Å². The van der Waals surface area contributed by atoms with Gasteiger partial charge in [-0.2, -0.15) is 0 Å². The Morgan fingerprint density at radius 1 is 1.03 bits per heavy atom. The van der Waals surface area contributed by atoms with E-state index in [4.69, 9.17) is 4.74 Å². The van der Waals surface area contributed by atoms with E-state index in [1.165, 1.54) is 4.90 Å². The van der Waals surface area contributed by atoms with Crippen LogP contribution in [0.4, 0.5) is 11.6 Å². The van der Waals surface area contributed by atoms with Gasteiger partial charge < -0.3 is 30.2 Å². The van der Waals surface area contributed by atoms with E-state index in [1.807, 2.05) is 29.2 Å². The highest BCUT2D eigenvalue weighted by molar-refractivity contribution is 5.98. The van der Waals surface area contributed by atoms with Crippen molar-refractivity contribution in [3.63, 3.8) is 0 Å².